The number of anilines is 1. The fourth-order valence-corrected chi connectivity index (χ4v) is 5.60. The maximum Gasteiger partial charge on any atom is 0.264 e. The minimum absolute atomic E-state index is 0.144. The van der Waals surface area contributed by atoms with E-state index >= 15 is 0 Å². The van der Waals surface area contributed by atoms with Crippen LogP contribution in [0, 0.1) is 6.92 Å². The van der Waals surface area contributed by atoms with Gasteiger partial charge in [0.2, 0.25) is 5.91 Å². The molecule has 1 amide bonds. The van der Waals surface area contributed by atoms with Gasteiger partial charge >= 0.3 is 0 Å². The number of piperazine rings is 1. The molecule has 188 valence electrons. The van der Waals surface area contributed by atoms with Gasteiger partial charge < -0.3 is 4.90 Å². The fraction of sp³-hybridized carbons (Fsp3) is 0.250. The SMILES string of the molecule is Cc1ccc(S(=O)(=O)N(CC(=O)N2CCN(C/C=C/c3ccccc3)CC2)c2ccc(Cl)cc2)cc1. The quantitative estimate of drug-likeness (QED) is 0.429. The lowest BCUT2D eigenvalue weighted by atomic mass is 10.2. The van der Waals surface area contributed by atoms with Crippen molar-refractivity contribution in [3.05, 3.63) is 101 Å². The van der Waals surface area contributed by atoms with E-state index in [0.717, 1.165) is 30.8 Å². The summed E-state index contributed by atoms with van der Waals surface area (Å²) in [4.78, 5) is 17.4. The van der Waals surface area contributed by atoms with Gasteiger partial charge in [0.25, 0.3) is 10.0 Å². The zero-order valence-corrected chi connectivity index (χ0v) is 21.8. The minimum atomic E-state index is -3.94. The van der Waals surface area contributed by atoms with Crippen molar-refractivity contribution in [2.75, 3.05) is 43.6 Å². The summed E-state index contributed by atoms with van der Waals surface area (Å²) in [5.41, 5.74) is 2.51. The summed E-state index contributed by atoms with van der Waals surface area (Å²) in [6, 6.07) is 23.3. The van der Waals surface area contributed by atoms with E-state index < -0.39 is 10.0 Å². The van der Waals surface area contributed by atoms with Crippen molar-refractivity contribution in [2.45, 2.75) is 11.8 Å². The Labute approximate surface area is 218 Å². The third kappa shape index (κ3) is 6.55. The zero-order chi connectivity index (χ0) is 25.5. The first-order valence-corrected chi connectivity index (χ1v) is 13.7. The number of nitrogens with zero attached hydrogens (tertiary/aromatic N) is 3. The van der Waals surface area contributed by atoms with Crippen LogP contribution in [0.1, 0.15) is 11.1 Å². The third-order valence-corrected chi connectivity index (χ3v) is 8.24. The van der Waals surface area contributed by atoms with E-state index in [4.69, 9.17) is 11.6 Å². The van der Waals surface area contributed by atoms with Gasteiger partial charge in [-0.05, 0) is 48.9 Å². The second-order valence-electron chi connectivity index (χ2n) is 8.80. The molecule has 0 spiro atoms. The first-order chi connectivity index (χ1) is 17.3. The highest BCUT2D eigenvalue weighted by molar-refractivity contribution is 7.92. The van der Waals surface area contributed by atoms with Crippen LogP contribution in [0.5, 0.6) is 0 Å². The van der Waals surface area contributed by atoms with Gasteiger partial charge in [-0.2, -0.15) is 0 Å². The highest BCUT2D eigenvalue weighted by Gasteiger charge is 2.30. The van der Waals surface area contributed by atoms with Crippen LogP contribution in [0.3, 0.4) is 0 Å². The van der Waals surface area contributed by atoms with Gasteiger partial charge in [0, 0.05) is 37.7 Å². The monoisotopic (exact) mass is 523 g/mol. The average molecular weight is 524 g/mol. The Bertz CT molecular complexity index is 1290. The molecule has 8 heteroatoms. The van der Waals surface area contributed by atoms with E-state index in [1.807, 2.05) is 25.1 Å². The molecule has 0 aliphatic carbocycles. The summed E-state index contributed by atoms with van der Waals surface area (Å²) >= 11 is 6.02. The molecule has 1 fully saturated rings. The molecule has 0 N–H and O–H groups in total. The molecule has 3 aromatic rings. The average Bonchev–Trinajstić information content (AvgIpc) is 2.89. The highest BCUT2D eigenvalue weighted by Crippen LogP contribution is 2.26. The number of halogens is 1. The first kappa shape index (κ1) is 25.9. The molecule has 1 saturated heterocycles. The molecule has 1 heterocycles. The van der Waals surface area contributed by atoms with Crippen molar-refractivity contribution >= 4 is 39.3 Å². The normalized spacial score (nSPS) is 14.8. The Morgan fingerprint density at radius 2 is 1.56 bits per heavy atom. The minimum Gasteiger partial charge on any atom is -0.339 e. The van der Waals surface area contributed by atoms with Gasteiger partial charge in [0.1, 0.15) is 6.54 Å². The number of carbonyl (C=O) groups is 1. The summed E-state index contributed by atoms with van der Waals surface area (Å²) in [6.45, 7) is 5.00. The number of amides is 1. The topological polar surface area (TPSA) is 60.9 Å². The predicted octanol–water partition coefficient (Wildman–Crippen LogP) is 4.70. The van der Waals surface area contributed by atoms with Crippen LogP contribution in [0.4, 0.5) is 5.69 Å². The van der Waals surface area contributed by atoms with Crippen molar-refractivity contribution in [3.8, 4) is 0 Å². The van der Waals surface area contributed by atoms with Crippen LogP contribution in [0.25, 0.3) is 6.08 Å². The summed E-state index contributed by atoms with van der Waals surface area (Å²) in [5.74, 6) is -0.222. The summed E-state index contributed by atoms with van der Waals surface area (Å²) in [7, 11) is -3.94. The number of benzene rings is 3. The van der Waals surface area contributed by atoms with E-state index in [2.05, 4.69) is 29.2 Å². The molecule has 4 rings (SSSR count). The molecular weight excluding hydrogens is 494 g/mol. The van der Waals surface area contributed by atoms with Crippen LogP contribution in [0.15, 0.2) is 89.8 Å². The van der Waals surface area contributed by atoms with Crippen LogP contribution in [-0.2, 0) is 14.8 Å². The number of aryl methyl sites for hydroxylation is 1. The largest absolute Gasteiger partial charge is 0.339 e. The Kier molecular flexibility index (Phi) is 8.46. The highest BCUT2D eigenvalue weighted by atomic mass is 35.5. The molecule has 0 radical (unpaired) electrons. The van der Waals surface area contributed by atoms with E-state index in [0.29, 0.717) is 23.8 Å². The smallest absolute Gasteiger partial charge is 0.264 e. The second-order valence-corrected chi connectivity index (χ2v) is 11.1. The number of hydrogen-bond acceptors (Lipinski definition) is 4. The van der Waals surface area contributed by atoms with Crippen LogP contribution in [-0.4, -0.2) is 63.4 Å². The Hall–Kier alpha value is -3.13. The van der Waals surface area contributed by atoms with E-state index in [-0.39, 0.29) is 17.3 Å². The van der Waals surface area contributed by atoms with Crippen LogP contribution >= 0.6 is 11.6 Å². The number of carbonyl (C=O) groups excluding carboxylic acids is 1. The Balaban J connectivity index is 1.42. The van der Waals surface area contributed by atoms with Gasteiger partial charge in [0.05, 0.1) is 10.6 Å². The Morgan fingerprint density at radius 3 is 2.19 bits per heavy atom. The molecule has 6 nitrogen and oxygen atoms in total. The molecule has 0 bridgehead atoms. The van der Waals surface area contributed by atoms with Crippen molar-refractivity contribution < 1.29 is 13.2 Å². The van der Waals surface area contributed by atoms with Gasteiger partial charge in [-0.25, -0.2) is 8.42 Å². The molecule has 36 heavy (non-hydrogen) atoms. The van der Waals surface area contributed by atoms with E-state index in [1.165, 1.54) is 4.31 Å². The predicted molar refractivity (Wildman–Crippen MR) is 146 cm³/mol. The maximum absolute atomic E-state index is 13.5. The molecule has 1 aliphatic heterocycles. The first-order valence-electron chi connectivity index (χ1n) is 11.9. The third-order valence-electron chi connectivity index (χ3n) is 6.20. The van der Waals surface area contributed by atoms with Gasteiger partial charge in [-0.15, -0.1) is 0 Å². The van der Waals surface area contributed by atoms with Crippen molar-refractivity contribution in [1.29, 1.82) is 0 Å². The van der Waals surface area contributed by atoms with E-state index in [9.17, 15) is 13.2 Å². The Morgan fingerprint density at radius 1 is 0.917 bits per heavy atom. The van der Waals surface area contributed by atoms with Crippen molar-refractivity contribution in [2.24, 2.45) is 0 Å². The lowest BCUT2D eigenvalue weighted by Gasteiger charge is -2.35. The van der Waals surface area contributed by atoms with E-state index in [1.54, 1.807) is 53.4 Å². The standard InChI is InChI=1S/C28H30ClN3O3S/c1-23-9-15-27(16-10-23)36(34,35)32(26-13-11-25(29)12-14-26)22-28(33)31-20-18-30(19-21-31)17-5-8-24-6-3-2-4-7-24/h2-16H,17-22H2,1H3/b8-5+. The number of hydrogen-bond donors (Lipinski definition) is 0. The van der Waals surface area contributed by atoms with Gasteiger partial charge in [-0.1, -0.05) is 71.8 Å². The maximum atomic E-state index is 13.5. The van der Waals surface area contributed by atoms with Crippen molar-refractivity contribution in [3.63, 3.8) is 0 Å². The molecule has 1 aliphatic rings. The van der Waals surface area contributed by atoms with Gasteiger partial charge in [0.15, 0.2) is 0 Å². The molecule has 3 aromatic carbocycles. The second kappa shape index (κ2) is 11.7. The molecular formula is C28H30ClN3O3S. The lowest BCUT2D eigenvalue weighted by Crippen LogP contribution is -2.51. The van der Waals surface area contributed by atoms with Crippen LogP contribution in [0.2, 0.25) is 5.02 Å². The summed E-state index contributed by atoms with van der Waals surface area (Å²) < 4.78 is 28.3. The summed E-state index contributed by atoms with van der Waals surface area (Å²) in [5, 5.41) is 0.496. The number of sulfonamides is 1. The lowest BCUT2D eigenvalue weighted by molar-refractivity contribution is -0.131. The molecule has 0 aromatic heterocycles. The molecule has 0 atom stereocenters. The van der Waals surface area contributed by atoms with Crippen LogP contribution < -0.4 is 4.31 Å². The fourth-order valence-electron chi connectivity index (χ4n) is 4.06. The zero-order valence-electron chi connectivity index (χ0n) is 20.3. The van der Waals surface area contributed by atoms with Gasteiger partial charge in [-0.3, -0.25) is 14.0 Å². The number of rotatable bonds is 8. The van der Waals surface area contributed by atoms with Crippen molar-refractivity contribution in [1.82, 2.24) is 9.80 Å². The molecule has 0 saturated carbocycles. The molecule has 0 unspecified atom stereocenters. The summed E-state index contributed by atoms with van der Waals surface area (Å²) in [6.07, 6.45) is 4.22.